The Kier molecular flexibility index (Phi) is 12.3. The van der Waals surface area contributed by atoms with E-state index in [9.17, 15) is 0 Å². The van der Waals surface area contributed by atoms with Crippen LogP contribution in [0.5, 0.6) is 0 Å². The minimum absolute atomic E-state index is 0.142. The SMILES string of the molecule is [CH3][Sn]([CH3])([O]/C(N)=N/N=C(/C=C/c1c(-c2ccccc2)[nH]c2ccccc12)c1ccccc1)[O]/C(N)=N/N=C(/C=C/c1c(-c2ccccc2)[nH]c2ccccc12)c1ccccc1. The number of allylic oxidation sites excluding steroid dienone is 2. The second kappa shape index (κ2) is 18.6. The molecule has 8 aromatic rings. The van der Waals surface area contributed by atoms with Crippen molar-refractivity contribution < 1.29 is 6.15 Å². The van der Waals surface area contributed by atoms with E-state index in [1.807, 2.05) is 156 Å². The summed E-state index contributed by atoms with van der Waals surface area (Å²) in [7, 11) is 0. The molecular weight excluding hydrogens is 863 g/mol. The molecule has 11 heteroatoms. The molecule has 0 aliphatic rings. The Bertz CT molecular complexity index is 2750. The van der Waals surface area contributed by atoms with Gasteiger partial charge < -0.3 is 0 Å². The summed E-state index contributed by atoms with van der Waals surface area (Å²) in [5.41, 5.74) is 23.9. The number of rotatable bonds is 12. The van der Waals surface area contributed by atoms with Gasteiger partial charge in [-0.1, -0.05) is 12.1 Å². The van der Waals surface area contributed by atoms with Crippen molar-refractivity contribution in [3.63, 3.8) is 0 Å². The number of H-pyrrole nitrogens is 2. The third kappa shape index (κ3) is 9.89. The van der Waals surface area contributed by atoms with Crippen molar-refractivity contribution in [3.8, 4) is 22.5 Å². The van der Waals surface area contributed by atoms with E-state index in [1.165, 1.54) is 0 Å². The number of fused-ring (bicyclic) bond motifs is 2. The average molecular weight is 908 g/mol. The van der Waals surface area contributed by atoms with Gasteiger partial charge in [0.05, 0.1) is 0 Å². The molecule has 2 aromatic heterocycles. The molecule has 0 fully saturated rings. The van der Waals surface area contributed by atoms with Gasteiger partial charge in [-0.15, -0.1) is 0 Å². The predicted octanol–water partition coefficient (Wildman–Crippen LogP) is 10.9. The Hall–Kier alpha value is -7.44. The molecule has 8 rings (SSSR count). The number of aromatic amines is 2. The molecule has 300 valence electrons. The summed E-state index contributed by atoms with van der Waals surface area (Å²) in [6, 6.07) is 56.2. The number of nitrogens with one attached hydrogen (secondary N) is 2. The van der Waals surface area contributed by atoms with Gasteiger partial charge in [-0.05, 0) is 0 Å². The van der Waals surface area contributed by atoms with Crippen molar-refractivity contribution in [2.24, 2.45) is 31.9 Å². The molecule has 0 atom stereocenters. The monoisotopic (exact) mass is 908 g/mol. The normalized spacial score (nSPS) is 13.1. The van der Waals surface area contributed by atoms with Crippen LogP contribution in [0.15, 0.2) is 202 Å². The van der Waals surface area contributed by atoms with Crippen molar-refractivity contribution in [1.82, 2.24) is 9.97 Å². The van der Waals surface area contributed by atoms with Crippen LogP contribution in [-0.4, -0.2) is 52.6 Å². The predicted molar refractivity (Wildman–Crippen MR) is 254 cm³/mol. The minimum atomic E-state index is -3.98. The Morgan fingerprint density at radius 2 is 0.803 bits per heavy atom. The molecule has 0 aliphatic carbocycles. The Morgan fingerprint density at radius 1 is 0.459 bits per heavy atom. The molecule has 2 heterocycles. The maximum absolute atomic E-state index is 6.35. The fourth-order valence-electron chi connectivity index (χ4n) is 7.03. The Morgan fingerprint density at radius 3 is 1.20 bits per heavy atom. The third-order valence-corrected chi connectivity index (χ3v) is 13.8. The van der Waals surface area contributed by atoms with Gasteiger partial charge in [0.15, 0.2) is 0 Å². The molecule has 0 bridgehead atoms. The van der Waals surface area contributed by atoms with Crippen LogP contribution in [0.3, 0.4) is 0 Å². The van der Waals surface area contributed by atoms with Crippen LogP contribution in [0, 0.1) is 0 Å². The van der Waals surface area contributed by atoms with E-state index < -0.39 is 19.2 Å². The fraction of sp³-hybridized carbons (Fsp3) is 0.0400. The van der Waals surface area contributed by atoms with Crippen LogP contribution < -0.4 is 11.5 Å². The molecule has 6 N–H and O–H groups in total. The van der Waals surface area contributed by atoms with E-state index in [0.29, 0.717) is 11.4 Å². The summed E-state index contributed by atoms with van der Waals surface area (Å²) >= 11 is -3.98. The fourth-order valence-corrected chi connectivity index (χ4v) is 10.3. The Labute approximate surface area is 359 Å². The summed E-state index contributed by atoms with van der Waals surface area (Å²) in [6.07, 6.45) is 7.96. The van der Waals surface area contributed by atoms with Crippen LogP contribution >= 0.6 is 0 Å². The van der Waals surface area contributed by atoms with Gasteiger partial charge in [0, 0.05) is 0 Å². The average Bonchev–Trinajstić information content (AvgIpc) is 3.86. The summed E-state index contributed by atoms with van der Waals surface area (Å²) in [6.45, 7) is 0. The summed E-state index contributed by atoms with van der Waals surface area (Å²) in [5.74, 6) is 0. The van der Waals surface area contributed by atoms with Crippen molar-refractivity contribution in [3.05, 3.63) is 204 Å². The molecule has 0 radical (unpaired) electrons. The number of amidine groups is 2. The van der Waals surface area contributed by atoms with Gasteiger partial charge in [-0.3, -0.25) is 0 Å². The zero-order chi connectivity index (χ0) is 42.0. The van der Waals surface area contributed by atoms with Crippen molar-refractivity contribution in [2.75, 3.05) is 0 Å². The van der Waals surface area contributed by atoms with Gasteiger partial charge in [0.2, 0.25) is 0 Å². The molecule has 61 heavy (non-hydrogen) atoms. The molecule has 0 amide bonds. The van der Waals surface area contributed by atoms with E-state index >= 15 is 0 Å². The van der Waals surface area contributed by atoms with Crippen LogP contribution in [-0.2, 0) is 6.15 Å². The first-order valence-electron chi connectivity index (χ1n) is 19.8. The third-order valence-electron chi connectivity index (χ3n) is 9.79. The number of para-hydroxylation sites is 2. The standard InChI is InChI=1S/2C24H20N4O.2CH3.Sn/c2*25-24(29)28-27-21(17-9-3-1-4-10-17)16-15-20-19-13-7-8-14-22(19)26-23(20)18-11-5-2-6-12-18;;;/h2*1-16,26H,(H3,25,28,29);2*1H3;/q;;;;+2/p-2/b2*16-15+,27-21-;;;. The second-order valence-electron chi connectivity index (χ2n) is 14.5. The first-order valence-corrected chi connectivity index (χ1v) is 27.8. The Balaban J connectivity index is 1.04. The van der Waals surface area contributed by atoms with Crippen molar-refractivity contribution >= 4 is 76.6 Å². The van der Waals surface area contributed by atoms with E-state index in [2.05, 4.69) is 78.9 Å². The van der Waals surface area contributed by atoms with Crippen molar-refractivity contribution in [2.45, 2.75) is 9.88 Å². The van der Waals surface area contributed by atoms with Crippen LogP contribution in [0.25, 0.3) is 56.5 Å². The summed E-state index contributed by atoms with van der Waals surface area (Å²) in [4.78, 5) is 10.9. The number of aromatic nitrogens is 2. The molecule has 6 aromatic carbocycles. The number of nitrogens with two attached hydrogens (primary N) is 2. The van der Waals surface area contributed by atoms with E-state index in [-0.39, 0.29) is 12.0 Å². The first-order chi connectivity index (χ1) is 29.8. The van der Waals surface area contributed by atoms with Gasteiger partial charge in [-0.25, -0.2) is 0 Å². The molecule has 0 unspecified atom stereocenters. The van der Waals surface area contributed by atoms with Gasteiger partial charge >= 0.3 is 349 Å². The summed E-state index contributed by atoms with van der Waals surface area (Å²) < 4.78 is 12.2. The zero-order valence-corrected chi connectivity index (χ0v) is 36.6. The summed E-state index contributed by atoms with van der Waals surface area (Å²) in [5, 5.41) is 19.9. The van der Waals surface area contributed by atoms with Gasteiger partial charge in [0.1, 0.15) is 0 Å². The van der Waals surface area contributed by atoms with Gasteiger partial charge in [-0.2, -0.15) is 0 Å². The van der Waals surface area contributed by atoms with Crippen molar-refractivity contribution in [1.29, 1.82) is 0 Å². The quantitative estimate of drug-likeness (QED) is 0.0417. The second-order valence-corrected chi connectivity index (χ2v) is 23.7. The van der Waals surface area contributed by atoms with E-state index in [0.717, 1.165) is 66.6 Å². The topological polar surface area (TPSA) is 152 Å². The number of hydrogen-bond acceptors (Lipinski definition) is 6. The molecule has 10 nitrogen and oxygen atoms in total. The van der Waals surface area contributed by atoms with Crippen LogP contribution in [0.2, 0.25) is 9.88 Å². The first kappa shape index (κ1) is 40.3. The molecule has 0 aliphatic heterocycles. The molecule has 0 spiro atoms. The van der Waals surface area contributed by atoms with E-state index in [1.54, 1.807) is 0 Å². The number of hydrogen-bond donors (Lipinski definition) is 4. The van der Waals surface area contributed by atoms with Crippen LogP contribution in [0.1, 0.15) is 22.3 Å². The van der Waals surface area contributed by atoms with Gasteiger partial charge in [0.25, 0.3) is 0 Å². The molecule has 0 saturated carbocycles. The maximum atomic E-state index is 6.35. The number of benzene rings is 6. The molecular formula is C50H44N8O2Sn. The number of nitrogens with zero attached hydrogens (tertiary/aromatic N) is 4. The molecule has 0 saturated heterocycles. The van der Waals surface area contributed by atoms with E-state index in [4.69, 9.17) is 17.6 Å². The zero-order valence-electron chi connectivity index (χ0n) is 33.7. The van der Waals surface area contributed by atoms with Crippen LogP contribution in [0.4, 0.5) is 0 Å².